The van der Waals surface area contributed by atoms with Crippen LogP contribution in [0.1, 0.15) is 5.56 Å². The molecule has 5 heteroatoms. The van der Waals surface area contributed by atoms with Gasteiger partial charge in [0.05, 0.1) is 25.3 Å². The molecule has 0 aromatic heterocycles. The minimum absolute atomic E-state index is 0.154. The first kappa shape index (κ1) is 14.3. The van der Waals surface area contributed by atoms with Gasteiger partial charge >= 0.3 is 0 Å². The smallest absolute Gasteiger partial charge is 0.175 e. The fraction of sp³-hybridized carbons (Fsp3) is 0.500. The van der Waals surface area contributed by atoms with Crippen LogP contribution in [0.5, 0.6) is 11.5 Å². The molecule has 0 heterocycles. The van der Waals surface area contributed by atoms with Crippen LogP contribution in [0.25, 0.3) is 0 Å². The van der Waals surface area contributed by atoms with Crippen molar-refractivity contribution in [2.24, 2.45) is 0 Å². The van der Waals surface area contributed by atoms with Crippen LogP contribution in [0.2, 0.25) is 0 Å². The highest BCUT2D eigenvalue weighted by Crippen LogP contribution is 2.37. The first-order valence-corrected chi connectivity index (χ1v) is 6.12. The monoisotopic (exact) mass is 303 g/mol. The summed E-state index contributed by atoms with van der Waals surface area (Å²) in [6, 6.07) is 3.87. The summed E-state index contributed by atoms with van der Waals surface area (Å²) >= 11 is 3.52. The summed E-state index contributed by atoms with van der Waals surface area (Å²) in [5.74, 6) is 1.40. The van der Waals surface area contributed by atoms with Crippen LogP contribution in [0, 0.1) is 0 Å². The van der Waals surface area contributed by atoms with Crippen LogP contribution in [0.3, 0.4) is 0 Å². The Morgan fingerprint density at radius 2 is 2.00 bits per heavy atom. The van der Waals surface area contributed by atoms with Gasteiger partial charge in [-0.1, -0.05) is 6.07 Å². The highest BCUT2D eigenvalue weighted by atomic mass is 79.9. The van der Waals surface area contributed by atoms with Gasteiger partial charge in [-0.05, 0) is 34.6 Å². The molecule has 0 aliphatic rings. The predicted octanol–water partition coefficient (Wildman–Crippen LogP) is 1.89. The van der Waals surface area contributed by atoms with Gasteiger partial charge in [-0.2, -0.15) is 0 Å². The molecule has 96 valence electrons. The Bertz CT molecular complexity index is 371. The van der Waals surface area contributed by atoms with Crippen molar-refractivity contribution >= 4 is 15.9 Å². The first-order valence-electron chi connectivity index (χ1n) is 5.32. The maximum Gasteiger partial charge on any atom is 0.175 e. The zero-order valence-corrected chi connectivity index (χ0v) is 12.0. The lowest BCUT2D eigenvalue weighted by molar-refractivity contribution is 0.217. The van der Waals surface area contributed by atoms with Crippen molar-refractivity contribution in [3.05, 3.63) is 22.2 Å². The number of benzene rings is 1. The lowest BCUT2D eigenvalue weighted by atomic mass is 10.2. The van der Waals surface area contributed by atoms with Gasteiger partial charge in [-0.3, -0.25) is 4.90 Å². The van der Waals surface area contributed by atoms with Crippen LogP contribution in [0.4, 0.5) is 0 Å². The molecule has 0 bridgehead atoms. The maximum absolute atomic E-state index is 8.87. The van der Waals surface area contributed by atoms with Gasteiger partial charge < -0.3 is 14.6 Å². The molecule has 0 spiro atoms. The van der Waals surface area contributed by atoms with Crippen molar-refractivity contribution in [1.82, 2.24) is 4.90 Å². The summed E-state index contributed by atoms with van der Waals surface area (Å²) < 4.78 is 11.4. The van der Waals surface area contributed by atoms with E-state index in [2.05, 4.69) is 15.9 Å². The normalized spacial score (nSPS) is 10.7. The molecule has 0 amide bonds. The number of hydrogen-bond acceptors (Lipinski definition) is 4. The van der Waals surface area contributed by atoms with Gasteiger partial charge in [0.15, 0.2) is 11.5 Å². The molecule has 0 unspecified atom stereocenters. The molecule has 4 nitrogen and oxygen atoms in total. The second kappa shape index (κ2) is 6.83. The summed E-state index contributed by atoms with van der Waals surface area (Å²) in [5, 5.41) is 8.87. The quantitative estimate of drug-likeness (QED) is 0.871. The van der Waals surface area contributed by atoms with Crippen molar-refractivity contribution in [3.8, 4) is 11.5 Å². The Balaban J connectivity index is 2.94. The van der Waals surface area contributed by atoms with E-state index in [1.165, 1.54) is 0 Å². The number of methoxy groups -OCH3 is 2. The summed E-state index contributed by atoms with van der Waals surface area (Å²) in [6.07, 6.45) is 0. The Hall–Kier alpha value is -0.780. The standard InChI is InChI=1S/C12H18BrNO3/c1-14(6-7-15)8-9-4-5-10(16-2)12(17-3)11(9)13/h4-5,15H,6-8H2,1-3H3. The molecular weight excluding hydrogens is 286 g/mol. The van der Waals surface area contributed by atoms with E-state index in [1.807, 2.05) is 24.1 Å². The van der Waals surface area contributed by atoms with E-state index < -0.39 is 0 Å². The van der Waals surface area contributed by atoms with E-state index >= 15 is 0 Å². The fourth-order valence-electron chi connectivity index (χ4n) is 1.59. The van der Waals surface area contributed by atoms with E-state index in [0.29, 0.717) is 18.0 Å². The summed E-state index contributed by atoms with van der Waals surface area (Å²) in [7, 11) is 5.19. The van der Waals surface area contributed by atoms with Gasteiger partial charge in [0.1, 0.15) is 0 Å². The van der Waals surface area contributed by atoms with E-state index in [4.69, 9.17) is 14.6 Å². The molecule has 17 heavy (non-hydrogen) atoms. The van der Waals surface area contributed by atoms with Crippen LogP contribution in [-0.4, -0.2) is 44.4 Å². The highest BCUT2D eigenvalue weighted by Gasteiger charge is 2.13. The van der Waals surface area contributed by atoms with Gasteiger partial charge in [0, 0.05) is 13.1 Å². The van der Waals surface area contributed by atoms with Gasteiger partial charge in [0.2, 0.25) is 0 Å². The zero-order valence-electron chi connectivity index (χ0n) is 10.4. The SMILES string of the molecule is COc1ccc(CN(C)CCO)c(Br)c1OC. The third-order valence-corrected chi connectivity index (χ3v) is 3.36. The largest absolute Gasteiger partial charge is 0.493 e. The number of likely N-dealkylation sites (N-methyl/N-ethyl adjacent to an activating group) is 1. The first-order chi connectivity index (χ1) is 8.13. The molecule has 1 N–H and O–H groups in total. The van der Waals surface area contributed by atoms with E-state index in [0.717, 1.165) is 16.6 Å². The number of hydrogen-bond donors (Lipinski definition) is 1. The molecule has 0 atom stereocenters. The molecule has 0 radical (unpaired) electrons. The summed E-state index contributed by atoms with van der Waals surface area (Å²) in [6.45, 7) is 1.53. The molecule has 1 rings (SSSR count). The predicted molar refractivity (Wildman–Crippen MR) is 70.7 cm³/mol. The Morgan fingerprint density at radius 3 is 2.53 bits per heavy atom. The van der Waals surface area contributed by atoms with Crippen molar-refractivity contribution in [2.45, 2.75) is 6.54 Å². The topological polar surface area (TPSA) is 41.9 Å². The van der Waals surface area contributed by atoms with E-state index in [1.54, 1.807) is 14.2 Å². The van der Waals surface area contributed by atoms with Gasteiger partial charge in [-0.15, -0.1) is 0 Å². The molecular formula is C12H18BrNO3. The minimum atomic E-state index is 0.154. The molecule has 0 saturated carbocycles. The van der Waals surface area contributed by atoms with E-state index in [9.17, 15) is 0 Å². The lowest BCUT2D eigenvalue weighted by Gasteiger charge is -2.18. The van der Waals surface area contributed by atoms with E-state index in [-0.39, 0.29) is 6.61 Å². The minimum Gasteiger partial charge on any atom is -0.493 e. The molecule has 0 saturated heterocycles. The van der Waals surface area contributed by atoms with Crippen LogP contribution < -0.4 is 9.47 Å². The van der Waals surface area contributed by atoms with Gasteiger partial charge in [-0.25, -0.2) is 0 Å². The molecule has 1 aromatic rings. The van der Waals surface area contributed by atoms with Crippen molar-refractivity contribution in [2.75, 3.05) is 34.4 Å². The Labute approximate surface area is 110 Å². The van der Waals surface area contributed by atoms with Crippen molar-refractivity contribution in [1.29, 1.82) is 0 Å². The fourth-order valence-corrected chi connectivity index (χ4v) is 2.21. The Kier molecular flexibility index (Phi) is 5.74. The van der Waals surface area contributed by atoms with Crippen molar-refractivity contribution in [3.63, 3.8) is 0 Å². The third kappa shape index (κ3) is 3.59. The zero-order chi connectivity index (χ0) is 12.8. The Morgan fingerprint density at radius 1 is 1.29 bits per heavy atom. The number of nitrogens with zero attached hydrogens (tertiary/aromatic N) is 1. The number of halogens is 1. The summed E-state index contributed by atoms with van der Waals surface area (Å²) in [4.78, 5) is 2.03. The van der Waals surface area contributed by atoms with Crippen molar-refractivity contribution < 1.29 is 14.6 Å². The number of aliphatic hydroxyl groups is 1. The van der Waals surface area contributed by atoms with Crippen LogP contribution >= 0.6 is 15.9 Å². The summed E-state index contributed by atoms with van der Waals surface area (Å²) in [5.41, 5.74) is 1.10. The number of aliphatic hydroxyl groups excluding tert-OH is 1. The van der Waals surface area contributed by atoms with Gasteiger partial charge in [0.25, 0.3) is 0 Å². The molecule has 0 aliphatic heterocycles. The highest BCUT2D eigenvalue weighted by molar-refractivity contribution is 9.10. The third-order valence-electron chi connectivity index (χ3n) is 2.49. The lowest BCUT2D eigenvalue weighted by Crippen LogP contribution is -2.21. The maximum atomic E-state index is 8.87. The second-order valence-electron chi connectivity index (χ2n) is 3.74. The van der Waals surface area contributed by atoms with Crippen LogP contribution in [-0.2, 0) is 6.54 Å². The average Bonchev–Trinajstić information content (AvgIpc) is 2.31. The number of ether oxygens (including phenoxy) is 2. The van der Waals surface area contributed by atoms with Crippen LogP contribution in [0.15, 0.2) is 16.6 Å². The average molecular weight is 304 g/mol. The molecule has 1 aromatic carbocycles. The molecule has 0 fully saturated rings. The second-order valence-corrected chi connectivity index (χ2v) is 4.53. The molecule has 0 aliphatic carbocycles. The number of rotatable bonds is 6.